The van der Waals surface area contributed by atoms with Crippen molar-refractivity contribution in [2.75, 3.05) is 26.2 Å². The molecule has 16 heavy (non-hydrogen) atoms. The van der Waals surface area contributed by atoms with Crippen LogP contribution >= 0.6 is 0 Å². The molecule has 1 heterocycles. The van der Waals surface area contributed by atoms with Gasteiger partial charge in [0.25, 0.3) is 0 Å². The number of nitrogens with zero attached hydrogens (tertiary/aromatic N) is 1. The van der Waals surface area contributed by atoms with E-state index >= 15 is 0 Å². The first-order valence-electron chi connectivity index (χ1n) is 7.09. The van der Waals surface area contributed by atoms with Gasteiger partial charge in [0.15, 0.2) is 0 Å². The van der Waals surface area contributed by atoms with E-state index in [0.29, 0.717) is 6.04 Å². The van der Waals surface area contributed by atoms with Crippen LogP contribution in [-0.4, -0.2) is 37.1 Å². The van der Waals surface area contributed by atoms with Gasteiger partial charge in [-0.3, -0.25) is 0 Å². The van der Waals surface area contributed by atoms with Crippen LogP contribution in [0, 0.1) is 11.8 Å². The van der Waals surface area contributed by atoms with Crippen molar-refractivity contribution in [3.05, 3.63) is 0 Å². The lowest BCUT2D eigenvalue weighted by molar-refractivity contribution is 0.157. The van der Waals surface area contributed by atoms with Gasteiger partial charge in [-0.05, 0) is 51.1 Å². The zero-order valence-corrected chi connectivity index (χ0v) is 11.6. The van der Waals surface area contributed by atoms with Crippen molar-refractivity contribution >= 4 is 0 Å². The van der Waals surface area contributed by atoms with Crippen LogP contribution in [0.25, 0.3) is 0 Å². The van der Waals surface area contributed by atoms with Gasteiger partial charge in [-0.15, -0.1) is 0 Å². The van der Waals surface area contributed by atoms with Gasteiger partial charge in [0, 0.05) is 19.1 Å². The molecule has 1 aliphatic heterocycles. The van der Waals surface area contributed by atoms with E-state index < -0.39 is 0 Å². The molecule has 1 N–H and O–H groups in total. The van der Waals surface area contributed by atoms with Crippen LogP contribution in [0.15, 0.2) is 0 Å². The molecule has 0 amide bonds. The minimum Gasteiger partial charge on any atom is -0.313 e. The molecule has 1 fully saturated rings. The first-order valence-corrected chi connectivity index (χ1v) is 7.09. The summed E-state index contributed by atoms with van der Waals surface area (Å²) in [5.74, 6) is 1.85. The molecule has 0 saturated carbocycles. The van der Waals surface area contributed by atoms with E-state index in [9.17, 15) is 0 Å². The molecule has 2 nitrogen and oxygen atoms in total. The molecule has 0 aromatic rings. The normalized spacial score (nSPS) is 21.6. The smallest absolute Gasteiger partial charge is 0.0107 e. The second-order valence-corrected chi connectivity index (χ2v) is 5.69. The molecule has 2 heteroatoms. The van der Waals surface area contributed by atoms with E-state index in [1.165, 1.54) is 38.9 Å². The summed E-state index contributed by atoms with van der Waals surface area (Å²) in [6.45, 7) is 14.2. The Morgan fingerprint density at radius 2 is 1.81 bits per heavy atom. The first-order chi connectivity index (χ1) is 7.63. The molecule has 1 unspecified atom stereocenters. The predicted molar refractivity (Wildman–Crippen MR) is 71.8 cm³/mol. The Hall–Kier alpha value is -0.0800. The zero-order chi connectivity index (χ0) is 12.0. The second kappa shape index (κ2) is 7.29. The van der Waals surface area contributed by atoms with Gasteiger partial charge in [-0.25, -0.2) is 0 Å². The summed E-state index contributed by atoms with van der Waals surface area (Å²) >= 11 is 0. The monoisotopic (exact) mass is 226 g/mol. The summed E-state index contributed by atoms with van der Waals surface area (Å²) in [4.78, 5) is 2.62. The van der Waals surface area contributed by atoms with Crippen LogP contribution in [0.1, 0.15) is 47.0 Å². The van der Waals surface area contributed by atoms with Crippen LogP contribution in [0.5, 0.6) is 0 Å². The summed E-state index contributed by atoms with van der Waals surface area (Å²) in [7, 11) is 0. The van der Waals surface area contributed by atoms with Gasteiger partial charge in [0.2, 0.25) is 0 Å². The van der Waals surface area contributed by atoms with Crippen molar-refractivity contribution in [1.82, 2.24) is 10.2 Å². The van der Waals surface area contributed by atoms with Gasteiger partial charge in [-0.1, -0.05) is 20.8 Å². The molecule has 1 atom stereocenters. The SMILES string of the molecule is CCC(C)NCCN1CCC(C(C)C)CC1. The van der Waals surface area contributed by atoms with Crippen molar-refractivity contribution in [3.63, 3.8) is 0 Å². The summed E-state index contributed by atoms with van der Waals surface area (Å²) in [5.41, 5.74) is 0. The number of hydrogen-bond donors (Lipinski definition) is 1. The Morgan fingerprint density at radius 1 is 1.19 bits per heavy atom. The fourth-order valence-electron chi connectivity index (χ4n) is 2.46. The van der Waals surface area contributed by atoms with Crippen LogP contribution < -0.4 is 5.32 Å². The molecule has 96 valence electrons. The van der Waals surface area contributed by atoms with Gasteiger partial charge in [0.1, 0.15) is 0 Å². The van der Waals surface area contributed by atoms with E-state index in [2.05, 4.69) is 37.9 Å². The fraction of sp³-hybridized carbons (Fsp3) is 1.00. The molecule has 0 bridgehead atoms. The van der Waals surface area contributed by atoms with E-state index in [1.54, 1.807) is 0 Å². The summed E-state index contributed by atoms with van der Waals surface area (Å²) in [6, 6.07) is 0.674. The third-order valence-electron chi connectivity index (χ3n) is 4.11. The second-order valence-electron chi connectivity index (χ2n) is 5.69. The van der Waals surface area contributed by atoms with Crippen molar-refractivity contribution in [3.8, 4) is 0 Å². The third kappa shape index (κ3) is 4.84. The van der Waals surface area contributed by atoms with Crippen LogP contribution in [0.3, 0.4) is 0 Å². The predicted octanol–water partition coefficient (Wildman–Crippen LogP) is 2.74. The maximum Gasteiger partial charge on any atom is 0.0107 e. The van der Waals surface area contributed by atoms with E-state index in [-0.39, 0.29) is 0 Å². The Labute approximate surface area is 102 Å². The van der Waals surface area contributed by atoms with Gasteiger partial charge in [0.05, 0.1) is 0 Å². The summed E-state index contributed by atoms with van der Waals surface area (Å²) in [5, 5.41) is 3.57. The molecule has 0 aliphatic carbocycles. The lowest BCUT2D eigenvalue weighted by Gasteiger charge is -2.34. The molecule has 0 spiro atoms. The van der Waals surface area contributed by atoms with Crippen LogP contribution in [-0.2, 0) is 0 Å². The highest BCUT2D eigenvalue weighted by Crippen LogP contribution is 2.23. The Morgan fingerprint density at radius 3 is 2.31 bits per heavy atom. The van der Waals surface area contributed by atoms with E-state index in [0.717, 1.165) is 18.4 Å². The van der Waals surface area contributed by atoms with E-state index in [1.807, 2.05) is 0 Å². The molecule has 1 rings (SSSR count). The largest absolute Gasteiger partial charge is 0.313 e. The third-order valence-corrected chi connectivity index (χ3v) is 4.11. The molecule has 0 aromatic carbocycles. The highest BCUT2D eigenvalue weighted by Gasteiger charge is 2.20. The highest BCUT2D eigenvalue weighted by atomic mass is 15.1. The number of rotatable bonds is 6. The molecule has 1 aliphatic rings. The topological polar surface area (TPSA) is 15.3 Å². The highest BCUT2D eigenvalue weighted by molar-refractivity contribution is 4.74. The molecular weight excluding hydrogens is 196 g/mol. The van der Waals surface area contributed by atoms with Crippen molar-refractivity contribution < 1.29 is 0 Å². The average Bonchev–Trinajstić information content (AvgIpc) is 2.29. The van der Waals surface area contributed by atoms with Crippen LogP contribution in [0.4, 0.5) is 0 Å². The Balaban J connectivity index is 2.08. The number of piperidine rings is 1. The average molecular weight is 226 g/mol. The number of nitrogens with one attached hydrogen (secondary N) is 1. The molecular formula is C14H30N2. The molecule has 0 radical (unpaired) electrons. The first kappa shape index (κ1) is 14.0. The number of hydrogen-bond acceptors (Lipinski definition) is 2. The minimum absolute atomic E-state index is 0.674. The van der Waals surface area contributed by atoms with Crippen molar-refractivity contribution in [2.24, 2.45) is 11.8 Å². The standard InChI is InChI=1S/C14H30N2/c1-5-13(4)15-8-11-16-9-6-14(7-10-16)12(2)3/h12-15H,5-11H2,1-4H3. The van der Waals surface area contributed by atoms with Gasteiger partial charge >= 0.3 is 0 Å². The maximum atomic E-state index is 3.57. The maximum absolute atomic E-state index is 3.57. The van der Waals surface area contributed by atoms with Crippen molar-refractivity contribution in [2.45, 2.75) is 53.0 Å². The minimum atomic E-state index is 0.674. The van der Waals surface area contributed by atoms with Gasteiger partial charge in [-0.2, -0.15) is 0 Å². The quantitative estimate of drug-likeness (QED) is 0.749. The lowest BCUT2D eigenvalue weighted by Crippen LogP contribution is -2.40. The van der Waals surface area contributed by atoms with Crippen LogP contribution in [0.2, 0.25) is 0 Å². The van der Waals surface area contributed by atoms with E-state index in [4.69, 9.17) is 0 Å². The lowest BCUT2D eigenvalue weighted by atomic mass is 9.87. The summed E-state index contributed by atoms with van der Waals surface area (Å²) < 4.78 is 0. The fourth-order valence-corrected chi connectivity index (χ4v) is 2.46. The zero-order valence-electron chi connectivity index (χ0n) is 11.6. The number of likely N-dealkylation sites (tertiary alicyclic amines) is 1. The molecule has 0 aromatic heterocycles. The van der Waals surface area contributed by atoms with Gasteiger partial charge < -0.3 is 10.2 Å². The Bertz CT molecular complexity index is 172. The summed E-state index contributed by atoms with van der Waals surface area (Å²) in [6.07, 6.45) is 4.04. The Kier molecular flexibility index (Phi) is 6.37. The molecule has 1 saturated heterocycles. The van der Waals surface area contributed by atoms with Crippen molar-refractivity contribution in [1.29, 1.82) is 0 Å².